The summed E-state index contributed by atoms with van der Waals surface area (Å²) in [7, 11) is 0. The number of nitrogens with one attached hydrogen (secondary N) is 1. The third-order valence-corrected chi connectivity index (χ3v) is 4.71. The maximum atomic E-state index is 10.9. The number of nitrogens with two attached hydrogens (primary N) is 1. The normalized spacial score (nSPS) is 23.0. The average Bonchev–Trinajstić information content (AvgIpc) is 2.41. The zero-order valence-corrected chi connectivity index (χ0v) is 11.9. The molecule has 0 aromatic heterocycles. The summed E-state index contributed by atoms with van der Waals surface area (Å²) < 4.78 is 0. The van der Waals surface area contributed by atoms with Crippen molar-refractivity contribution in [2.45, 2.75) is 37.0 Å². The van der Waals surface area contributed by atoms with Crippen molar-refractivity contribution >= 4 is 29.1 Å². The average molecular weight is 280 g/mol. The Bertz CT molecular complexity index is 465. The molecule has 0 radical (unpaired) electrons. The number of anilines is 2. The van der Waals surface area contributed by atoms with E-state index in [9.17, 15) is 4.79 Å². The van der Waals surface area contributed by atoms with Gasteiger partial charge in [0.2, 0.25) is 0 Å². The standard InChI is InChI=1S/C14H20N2O2S/c1-19-11-4-2-3-10(8-11)16-13-6-5-9(14(17)18)7-12(13)15/h5-7,10-11,16H,2-4,8,15H2,1H3,(H,17,18). The molecular weight excluding hydrogens is 260 g/mol. The Morgan fingerprint density at radius 1 is 1.47 bits per heavy atom. The zero-order chi connectivity index (χ0) is 13.8. The lowest BCUT2D eigenvalue weighted by Crippen LogP contribution is -2.28. The third-order valence-electron chi connectivity index (χ3n) is 3.62. The molecule has 104 valence electrons. The van der Waals surface area contributed by atoms with Crippen molar-refractivity contribution in [1.29, 1.82) is 0 Å². The maximum absolute atomic E-state index is 10.9. The van der Waals surface area contributed by atoms with Crippen LogP contribution in [0.2, 0.25) is 0 Å². The van der Waals surface area contributed by atoms with Crippen LogP contribution in [0, 0.1) is 0 Å². The van der Waals surface area contributed by atoms with Crippen molar-refractivity contribution in [3.63, 3.8) is 0 Å². The molecule has 0 aliphatic heterocycles. The Hall–Kier alpha value is -1.36. The number of hydrogen-bond acceptors (Lipinski definition) is 4. The molecule has 4 nitrogen and oxygen atoms in total. The summed E-state index contributed by atoms with van der Waals surface area (Å²) >= 11 is 1.92. The van der Waals surface area contributed by atoms with Crippen LogP contribution in [0.3, 0.4) is 0 Å². The van der Waals surface area contributed by atoms with Crippen molar-refractivity contribution in [1.82, 2.24) is 0 Å². The maximum Gasteiger partial charge on any atom is 0.335 e. The monoisotopic (exact) mass is 280 g/mol. The number of hydrogen-bond donors (Lipinski definition) is 3. The van der Waals surface area contributed by atoms with Gasteiger partial charge in [0.1, 0.15) is 0 Å². The van der Waals surface area contributed by atoms with E-state index in [-0.39, 0.29) is 5.56 Å². The summed E-state index contributed by atoms with van der Waals surface area (Å²) in [4.78, 5) is 10.9. The Balaban J connectivity index is 2.04. The van der Waals surface area contributed by atoms with Crippen molar-refractivity contribution in [3.05, 3.63) is 23.8 Å². The quantitative estimate of drug-likeness (QED) is 0.739. The molecule has 2 atom stereocenters. The van der Waals surface area contributed by atoms with E-state index in [2.05, 4.69) is 11.6 Å². The Labute approximate surface area is 117 Å². The largest absolute Gasteiger partial charge is 0.478 e. The van der Waals surface area contributed by atoms with Crippen molar-refractivity contribution in [2.75, 3.05) is 17.3 Å². The first-order chi connectivity index (χ1) is 9.10. The van der Waals surface area contributed by atoms with Gasteiger partial charge in [-0.2, -0.15) is 11.8 Å². The van der Waals surface area contributed by atoms with Crippen molar-refractivity contribution < 1.29 is 9.90 Å². The van der Waals surface area contributed by atoms with Crippen molar-refractivity contribution in [2.24, 2.45) is 0 Å². The van der Waals surface area contributed by atoms with Crippen LogP contribution in [0.1, 0.15) is 36.0 Å². The van der Waals surface area contributed by atoms with E-state index < -0.39 is 5.97 Å². The number of carboxylic acids is 1. The molecule has 5 heteroatoms. The molecule has 19 heavy (non-hydrogen) atoms. The molecule has 1 saturated carbocycles. The number of rotatable bonds is 4. The topological polar surface area (TPSA) is 75.3 Å². The smallest absolute Gasteiger partial charge is 0.335 e. The molecule has 2 unspecified atom stereocenters. The first-order valence-electron chi connectivity index (χ1n) is 6.52. The van der Waals surface area contributed by atoms with E-state index in [1.165, 1.54) is 18.9 Å². The molecule has 1 aromatic rings. The molecule has 0 spiro atoms. The summed E-state index contributed by atoms with van der Waals surface area (Å²) in [6.45, 7) is 0. The summed E-state index contributed by atoms with van der Waals surface area (Å²) in [5.41, 5.74) is 7.49. The van der Waals surface area contributed by atoms with Gasteiger partial charge in [0.25, 0.3) is 0 Å². The van der Waals surface area contributed by atoms with Crippen LogP contribution >= 0.6 is 11.8 Å². The molecule has 0 heterocycles. The fourth-order valence-corrected chi connectivity index (χ4v) is 3.36. The first kappa shape index (κ1) is 14.1. The molecule has 1 aliphatic rings. The third kappa shape index (κ3) is 3.56. The highest BCUT2D eigenvalue weighted by atomic mass is 32.2. The fraction of sp³-hybridized carbons (Fsp3) is 0.500. The van der Waals surface area contributed by atoms with Crippen molar-refractivity contribution in [3.8, 4) is 0 Å². The summed E-state index contributed by atoms with van der Waals surface area (Å²) in [6, 6.07) is 5.31. The van der Waals surface area contributed by atoms with Gasteiger partial charge in [-0.15, -0.1) is 0 Å². The predicted molar refractivity (Wildman–Crippen MR) is 81.0 cm³/mol. The Morgan fingerprint density at radius 3 is 2.89 bits per heavy atom. The number of nitrogen functional groups attached to an aromatic ring is 1. The highest BCUT2D eigenvalue weighted by molar-refractivity contribution is 7.99. The van der Waals surface area contributed by atoms with Crippen LogP contribution in [0.5, 0.6) is 0 Å². The van der Waals surface area contributed by atoms with Crippen LogP contribution < -0.4 is 11.1 Å². The lowest BCUT2D eigenvalue weighted by molar-refractivity contribution is 0.0697. The Kier molecular flexibility index (Phi) is 4.58. The van der Waals surface area contributed by atoms with Gasteiger partial charge in [0.05, 0.1) is 16.9 Å². The molecule has 1 aliphatic carbocycles. The first-order valence-corrected chi connectivity index (χ1v) is 7.81. The second kappa shape index (κ2) is 6.19. The van der Waals surface area contributed by atoms with Gasteiger partial charge < -0.3 is 16.2 Å². The van der Waals surface area contributed by atoms with E-state index >= 15 is 0 Å². The van der Waals surface area contributed by atoms with Gasteiger partial charge in [0.15, 0.2) is 0 Å². The van der Waals surface area contributed by atoms with E-state index in [1.807, 2.05) is 11.8 Å². The number of aromatic carboxylic acids is 1. The number of thioether (sulfide) groups is 1. The van der Waals surface area contributed by atoms with Gasteiger partial charge in [-0.3, -0.25) is 0 Å². The van der Waals surface area contributed by atoms with Gasteiger partial charge in [-0.1, -0.05) is 6.42 Å². The molecule has 1 aromatic carbocycles. The van der Waals surface area contributed by atoms with Gasteiger partial charge in [-0.05, 0) is 43.7 Å². The SMILES string of the molecule is CSC1CCCC(Nc2ccc(C(=O)O)cc2N)C1. The van der Waals surface area contributed by atoms with E-state index in [0.717, 1.165) is 18.5 Å². The molecule has 2 rings (SSSR count). The predicted octanol–water partition coefficient (Wildman–Crippen LogP) is 3.05. The van der Waals surface area contributed by atoms with Crippen LogP contribution in [0.4, 0.5) is 11.4 Å². The van der Waals surface area contributed by atoms with Gasteiger partial charge in [0, 0.05) is 11.3 Å². The van der Waals surface area contributed by atoms with Gasteiger partial charge >= 0.3 is 5.97 Å². The number of carboxylic acid groups (broad SMARTS) is 1. The van der Waals surface area contributed by atoms with Crippen LogP contribution in [0.25, 0.3) is 0 Å². The molecule has 0 saturated heterocycles. The fourth-order valence-electron chi connectivity index (χ4n) is 2.54. The minimum atomic E-state index is -0.946. The minimum Gasteiger partial charge on any atom is -0.478 e. The number of carbonyl (C=O) groups is 1. The second-order valence-electron chi connectivity index (χ2n) is 4.97. The Morgan fingerprint density at radius 2 is 2.26 bits per heavy atom. The molecule has 0 bridgehead atoms. The number of benzene rings is 1. The van der Waals surface area contributed by atoms with Crippen LogP contribution in [-0.2, 0) is 0 Å². The summed E-state index contributed by atoms with van der Waals surface area (Å²) in [6.07, 6.45) is 6.96. The molecule has 4 N–H and O–H groups in total. The highest BCUT2D eigenvalue weighted by Crippen LogP contribution is 2.30. The zero-order valence-electron chi connectivity index (χ0n) is 11.1. The van der Waals surface area contributed by atoms with Crippen LogP contribution in [0.15, 0.2) is 18.2 Å². The molecular formula is C14H20N2O2S. The van der Waals surface area contributed by atoms with Crippen LogP contribution in [-0.4, -0.2) is 28.6 Å². The highest BCUT2D eigenvalue weighted by Gasteiger charge is 2.21. The second-order valence-corrected chi connectivity index (χ2v) is 6.11. The summed E-state index contributed by atoms with van der Waals surface area (Å²) in [5, 5.41) is 13.1. The molecule has 1 fully saturated rings. The lowest BCUT2D eigenvalue weighted by Gasteiger charge is -2.29. The molecule has 0 amide bonds. The lowest BCUT2D eigenvalue weighted by atomic mass is 9.94. The van der Waals surface area contributed by atoms with E-state index in [4.69, 9.17) is 10.8 Å². The summed E-state index contributed by atoms with van der Waals surface area (Å²) in [5.74, 6) is -0.946. The minimum absolute atomic E-state index is 0.230. The van der Waals surface area contributed by atoms with E-state index in [1.54, 1.807) is 12.1 Å². The van der Waals surface area contributed by atoms with E-state index in [0.29, 0.717) is 17.0 Å². The van der Waals surface area contributed by atoms with Gasteiger partial charge in [-0.25, -0.2) is 4.79 Å².